The molecule has 0 fully saturated rings. The van der Waals surface area contributed by atoms with Crippen molar-refractivity contribution in [2.75, 3.05) is 11.9 Å². The first-order valence-corrected chi connectivity index (χ1v) is 10.1. The lowest BCUT2D eigenvalue weighted by Crippen LogP contribution is -2.30. The van der Waals surface area contributed by atoms with Crippen LogP contribution in [0.3, 0.4) is 0 Å². The van der Waals surface area contributed by atoms with Crippen LogP contribution < -0.4 is 4.90 Å². The van der Waals surface area contributed by atoms with Crippen LogP contribution in [0.25, 0.3) is 27.5 Å². The first-order chi connectivity index (χ1) is 13.2. The van der Waals surface area contributed by atoms with Gasteiger partial charge in [0.05, 0.1) is 11.0 Å². The lowest BCUT2D eigenvalue weighted by Gasteiger charge is -2.29. The van der Waals surface area contributed by atoms with Gasteiger partial charge in [0.25, 0.3) is 0 Å². The summed E-state index contributed by atoms with van der Waals surface area (Å²) in [4.78, 5) is 2.46. The van der Waals surface area contributed by atoms with Crippen molar-refractivity contribution in [1.82, 2.24) is 4.57 Å². The van der Waals surface area contributed by atoms with Crippen molar-refractivity contribution in [3.05, 3.63) is 72.8 Å². The van der Waals surface area contributed by atoms with Crippen molar-refractivity contribution in [1.29, 1.82) is 0 Å². The third-order valence-electron chi connectivity index (χ3n) is 5.72. The predicted molar refractivity (Wildman–Crippen MR) is 118 cm³/mol. The summed E-state index contributed by atoms with van der Waals surface area (Å²) in [6.07, 6.45) is 3.63. The molecule has 0 aliphatic rings. The van der Waals surface area contributed by atoms with E-state index < -0.39 is 0 Å². The van der Waals surface area contributed by atoms with Gasteiger partial charge < -0.3 is 9.47 Å². The summed E-state index contributed by atoms with van der Waals surface area (Å²) in [5, 5.41) is 2.64. The third kappa shape index (κ3) is 3.10. The standard InChI is InChI=1S/C25H28N2/c1-4-11-19(5-2)26(3)21-16-17-25-23(18-21)22-14-9-10-15-24(22)27(25)20-12-7-6-8-13-20/h6-10,12-19H,4-5,11H2,1-3H3. The van der Waals surface area contributed by atoms with Crippen LogP contribution in [0.5, 0.6) is 0 Å². The fourth-order valence-electron chi connectivity index (χ4n) is 4.25. The van der Waals surface area contributed by atoms with Crippen molar-refractivity contribution in [2.45, 2.75) is 39.2 Å². The van der Waals surface area contributed by atoms with E-state index in [4.69, 9.17) is 0 Å². The lowest BCUT2D eigenvalue weighted by atomic mass is 10.1. The fourth-order valence-corrected chi connectivity index (χ4v) is 4.25. The highest BCUT2D eigenvalue weighted by atomic mass is 15.1. The van der Waals surface area contributed by atoms with E-state index in [-0.39, 0.29) is 0 Å². The van der Waals surface area contributed by atoms with E-state index in [1.54, 1.807) is 0 Å². The van der Waals surface area contributed by atoms with Gasteiger partial charge in [-0.2, -0.15) is 0 Å². The molecule has 0 spiro atoms. The smallest absolute Gasteiger partial charge is 0.0542 e. The molecule has 0 bridgehead atoms. The normalized spacial score (nSPS) is 12.6. The van der Waals surface area contributed by atoms with E-state index in [9.17, 15) is 0 Å². The maximum atomic E-state index is 2.46. The molecule has 1 heterocycles. The molecule has 27 heavy (non-hydrogen) atoms. The van der Waals surface area contributed by atoms with Crippen molar-refractivity contribution in [3.8, 4) is 5.69 Å². The highest BCUT2D eigenvalue weighted by Gasteiger charge is 2.16. The number of aromatic nitrogens is 1. The molecule has 1 unspecified atom stereocenters. The zero-order valence-electron chi connectivity index (χ0n) is 16.5. The summed E-state index contributed by atoms with van der Waals surface area (Å²) in [6.45, 7) is 4.56. The molecule has 138 valence electrons. The average Bonchev–Trinajstić information content (AvgIpc) is 3.06. The van der Waals surface area contributed by atoms with Gasteiger partial charge in [-0.1, -0.05) is 56.7 Å². The topological polar surface area (TPSA) is 8.17 Å². The van der Waals surface area contributed by atoms with Crippen LogP contribution in [0.2, 0.25) is 0 Å². The quantitative estimate of drug-likeness (QED) is 0.369. The van der Waals surface area contributed by atoms with Gasteiger partial charge in [-0.15, -0.1) is 0 Å². The van der Waals surface area contributed by atoms with Crippen LogP contribution in [-0.2, 0) is 0 Å². The molecule has 0 amide bonds. The first-order valence-electron chi connectivity index (χ1n) is 10.1. The first kappa shape index (κ1) is 17.7. The molecule has 0 aliphatic heterocycles. The number of fused-ring (bicyclic) bond motifs is 3. The molecule has 2 nitrogen and oxygen atoms in total. The number of para-hydroxylation sites is 2. The number of hydrogen-bond acceptors (Lipinski definition) is 1. The van der Waals surface area contributed by atoms with Gasteiger partial charge in [-0.05, 0) is 49.2 Å². The Kier molecular flexibility index (Phi) is 4.89. The Morgan fingerprint density at radius 2 is 1.52 bits per heavy atom. The second-order valence-electron chi connectivity index (χ2n) is 7.35. The van der Waals surface area contributed by atoms with Gasteiger partial charge in [0.2, 0.25) is 0 Å². The van der Waals surface area contributed by atoms with Crippen molar-refractivity contribution < 1.29 is 0 Å². The Morgan fingerprint density at radius 1 is 0.815 bits per heavy atom. The molecule has 4 rings (SSSR count). The maximum Gasteiger partial charge on any atom is 0.0542 e. The summed E-state index contributed by atoms with van der Waals surface area (Å²) < 4.78 is 2.37. The zero-order valence-corrected chi connectivity index (χ0v) is 16.5. The summed E-state index contributed by atoms with van der Waals surface area (Å²) in [7, 11) is 2.24. The van der Waals surface area contributed by atoms with Crippen LogP contribution in [0.1, 0.15) is 33.1 Å². The minimum Gasteiger partial charge on any atom is -0.372 e. The van der Waals surface area contributed by atoms with Gasteiger partial charge in [0.15, 0.2) is 0 Å². The van der Waals surface area contributed by atoms with E-state index in [2.05, 4.69) is 103 Å². The second-order valence-corrected chi connectivity index (χ2v) is 7.35. The monoisotopic (exact) mass is 356 g/mol. The van der Waals surface area contributed by atoms with Crippen molar-refractivity contribution in [3.63, 3.8) is 0 Å². The Balaban J connectivity index is 1.91. The summed E-state index contributed by atoms with van der Waals surface area (Å²) >= 11 is 0. The van der Waals surface area contributed by atoms with Crippen LogP contribution in [-0.4, -0.2) is 17.7 Å². The number of rotatable bonds is 6. The molecule has 3 aromatic carbocycles. The third-order valence-corrected chi connectivity index (χ3v) is 5.72. The minimum absolute atomic E-state index is 0.593. The highest BCUT2D eigenvalue weighted by Crippen LogP contribution is 2.34. The zero-order chi connectivity index (χ0) is 18.8. The summed E-state index contributed by atoms with van der Waals surface area (Å²) in [5.41, 5.74) is 5.04. The Labute approximate surface area is 162 Å². The van der Waals surface area contributed by atoms with Crippen molar-refractivity contribution in [2.24, 2.45) is 0 Å². The summed E-state index contributed by atoms with van der Waals surface area (Å²) in [5.74, 6) is 0. The van der Waals surface area contributed by atoms with E-state index in [1.165, 1.54) is 52.4 Å². The van der Waals surface area contributed by atoms with E-state index in [1.807, 2.05) is 0 Å². The molecule has 1 aromatic heterocycles. The maximum absolute atomic E-state index is 2.46. The largest absolute Gasteiger partial charge is 0.372 e. The van der Waals surface area contributed by atoms with Crippen LogP contribution in [0.15, 0.2) is 72.8 Å². The lowest BCUT2D eigenvalue weighted by molar-refractivity contribution is 0.557. The molecular weight excluding hydrogens is 328 g/mol. The predicted octanol–water partition coefficient (Wildman–Crippen LogP) is 6.80. The molecule has 0 saturated heterocycles. The van der Waals surface area contributed by atoms with E-state index in [0.717, 1.165) is 0 Å². The molecule has 0 N–H and O–H groups in total. The van der Waals surface area contributed by atoms with Gasteiger partial charge in [-0.3, -0.25) is 0 Å². The molecule has 0 aliphatic carbocycles. The van der Waals surface area contributed by atoms with Crippen LogP contribution in [0.4, 0.5) is 5.69 Å². The Morgan fingerprint density at radius 3 is 2.26 bits per heavy atom. The van der Waals surface area contributed by atoms with Gasteiger partial charge in [0, 0.05) is 35.2 Å². The Hall–Kier alpha value is -2.74. The molecule has 2 heteroatoms. The van der Waals surface area contributed by atoms with Gasteiger partial charge >= 0.3 is 0 Å². The summed E-state index contributed by atoms with van der Waals surface area (Å²) in [6, 6.07) is 26.9. The SMILES string of the molecule is CCCC(CC)N(C)c1ccc2c(c1)c1ccccc1n2-c1ccccc1. The number of anilines is 1. The van der Waals surface area contributed by atoms with Crippen LogP contribution >= 0.6 is 0 Å². The molecule has 0 saturated carbocycles. The molecular formula is C25H28N2. The fraction of sp³-hybridized carbons (Fsp3) is 0.280. The van der Waals surface area contributed by atoms with E-state index >= 15 is 0 Å². The van der Waals surface area contributed by atoms with E-state index in [0.29, 0.717) is 6.04 Å². The minimum atomic E-state index is 0.593. The molecule has 4 aromatic rings. The molecule has 0 radical (unpaired) electrons. The highest BCUT2D eigenvalue weighted by molar-refractivity contribution is 6.10. The van der Waals surface area contributed by atoms with Gasteiger partial charge in [0.1, 0.15) is 0 Å². The number of hydrogen-bond donors (Lipinski definition) is 0. The van der Waals surface area contributed by atoms with Crippen molar-refractivity contribution >= 4 is 27.5 Å². The Bertz CT molecular complexity index is 1050. The van der Waals surface area contributed by atoms with Crippen LogP contribution in [0, 0.1) is 0 Å². The molecule has 1 atom stereocenters. The second kappa shape index (κ2) is 7.48. The number of nitrogens with zero attached hydrogens (tertiary/aromatic N) is 2. The van der Waals surface area contributed by atoms with Gasteiger partial charge in [-0.25, -0.2) is 0 Å². The number of benzene rings is 3. The average molecular weight is 357 g/mol.